The van der Waals surface area contributed by atoms with Crippen LogP contribution >= 0.6 is 31.9 Å². The van der Waals surface area contributed by atoms with Crippen LogP contribution in [0.25, 0.3) is 10.9 Å². The van der Waals surface area contributed by atoms with Gasteiger partial charge in [-0.3, -0.25) is 4.79 Å². The predicted octanol–water partition coefficient (Wildman–Crippen LogP) is 3.05. The van der Waals surface area contributed by atoms with Crippen molar-refractivity contribution < 1.29 is 0 Å². The van der Waals surface area contributed by atoms with Crippen LogP contribution in [0.5, 0.6) is 0 Å². The molecule has 13 heavy (non-hydrogen) atoms. The fourth-order valence-electron chi connectivity index (χ4n) is 1.19. The van der Waals surface area contributed by atoms with Crippen LogP contribution in [0.4, 0.5) is 0 Å². The lowest BCUT2D eigenvalue weighted by Gasteiger charge is -2.00. The highest BCUT2D eigenvalue weighted by atomic mass is 79.9. The van der Waals surface area contributed by atoms with E-state index in [2.05, 4.69) is 36.8 Å². The van der Waals surface area contributed by atoms with Crippen LogP contribution < -0.4 is 5.56 Å². The van der Waals surface area contributed by atoms with Crippen LogP contribution in [-0.2, 0) is 0 Å². The van der Waals surface area contributed by atoms with Crippen molar-refractivity contribution in [2.45, 2.75) is 0 Å². The lowest BCUT2D eigenvalue weighted by atomic mass is 10.2. The van der Waals surface area contributed by atoms with Crippen molar-refractivity contribution >= 4 is 42.8 Å². The van der Waals surface area contributed by atoms with Gasteiger partial charge in [0.15, 0.2) is 0 Å². The molecule has 1 aromatic heterocycles. The molecule has 0 atom stereocenters. The molecule has 2 aromatic rings. The van der Waals surface area contributed by atoms with Gasteiger partial charge in [-0.15, -0.1) is 0 Å². The van der Waals surface area contributed by atoms with Gasteiger partial charge in [-0.2, -0.15) is 0 Å². The number of aromatic amines is 1. The van der Waals surface area contributed by atoms with E-state index in [-0.39, 0.29) is 5.56 Å². The van der Waals surface area contributed by atoms with Crippen LogP contribution in [0.15, 0.2) is 38.0 Å². The highest BCUT2D eigenvalue weighted by Gasteiger charge is 2.00. The van der Waals surface area contributed by atoms with Crippen molar-refractivity contribution in [3.63, 3.8) is 0 Å². The third-order valence-corrected chi connectivity index (χ3v) is 2.83. The van der Waals surface area contributed by atoms with E-state index in [1.807, 2.05) is 12.1 Å². The minimum Gasteiger partial charge on any atom is -0.321 e. The standard InChI is InChI=1S/C9H5Br2NO/c10-6-3-5-1-2-8(13)12-9(5)7(11)4-6/h1-4H,(H,12,13). The van der Waals surface area contributed by atoms with Gasteiger partial charge in [-0.25, -0.2) is 0 Å². The van der Waals surface area contributed by atoms with Gasteiger partial charge in [-0.1, -0.05) is 15.9 Å². The van der Waals surface area contributed by atoms with Gasteiger partial charge in [0, 0.05) is 20.4 Å². The highest BCUT2D eigenvalue weighted by molar-refractivity contribution is 9.11. The van der Waals surface area contributed by atoms with Gasteiger partial charge in [0.05, 0.1) is 5.52 Å². The molecule has 0 saturated carbocycles. The summed E-state index contributed by atoms with van der Waals surface area (Å²) in [4.78, 5) is 13.8. The topological polar surface area (TPSA) is 32.9 Å². The fourth-order valence-corrected chi connectivity index (χ4v) is 2.54. The average Bonchev–Trinajstić information content (AvgIpc) is 2.06. The van der Waals surface area contributed by atoms with Crippen LogP contribution in [0.1, 0.15) is 0 Å². The Balaban J connectivity index is 2.95. The summed E-state index contributed by atoms with van der Waals surface area (Å²) in [5.41, 5.74) is 0.742. The van der Waals surface area contributed by atoms with E-state index in [4.69, 9.17) is 0 Å². The molecule has 0 aliphatic carbocycles. The molecule has 0 radical (unpaired) electrons. The van der Waals surface area contributed by atoms with Crippen molar-refractivity contribution in [3.8, 4) is 0 Å². The second-order valence-corrected chi connectivity index (χ2v) is 4.44. The SMILES string of the molecule is O=c1ccc2cc(Br)cc(Br)c2[nH]1. The molecule has 66 valence electrons. The zero-order valence-electron chi connectivity index (χ0n) is 6.47. The molecule has 0 spiro atoms. The molecule has 0 unspecified atom stereocenters. The number of H-pyrrole nitrogens is 1. The van der Waals surface area contributed by atoms with Crippen LogP contribution in [0, 0.1) is 0 Å². The minimum atomic E-state index is -0.0875. The largest absolute Gasteiger partial charge is 0.321 e. The smallest absolute Gasteiger partial charge is 0.248 e. The monoisotopic (exact) mass is 301 g/mol. The average molecular weight is 303 g/mol. The van der Waals surface area contributed by atoms with E-state index in [0.717, 1.165) is 19.8 Å². The van der Waals surface area contributed by atoms with E-state index in [1.54, 1.807) is 6.07 Å². The molecule has 1 heterocycles. The third-order valence-electron chi connectivity index (χ3n) is 1.75. The summed E-state index contributed by atoms with van der Waals surface area (Å²) in [7, 11) is 0. The summed E-state index contributed by atoms with van der Waals surface area (Å²) >= 11 is 6.76. The summed E-state index contributed by atoms with van der Waals surface area (Å²) in [5.74, 6) is 0. The number of fused-ring (bicyclic) bond motifs is 1. The van der Waals surface area contributed by atoms with Gasteiger partial charge >= 0.3 is 0 Å². The molecule has 2 rings (SSSR count). The molecule has 0 saturated heterocycles. The molecule has 4 heteroatoms. The zero-order chi connectivity index (χ0) is 9.42. The normalized spacial score (nSPS) is 10.6. The van der Waals surface area contributed by atoms with Crippen molar-refractivity contribution in [2.24, 2.45) is 0 Å². The fraction of sp³-hybridized carbons (Fsp3) is 0. The van der Waals surface area contributed by atoms with Crippen molar-refractivity contribution in [1.29, 1.82) is 0 Å². The maximum atomic E-state index is 11.0. The van der Waals surface area contributed by atoms with Crippen LogP contribution in [0.2, 0.25) is 0 Å². The van der Waals surface area contributed by atoms with E-state index >= 15 is 0 Å². The lowest BCUT2D eigenvalue weighted by molar-refractivity contribution is 1.30. The Morgan fingerprint density at radius 3 is 2.69 bits per heavy atom. The quantitative estimate of drug-likeness (QED) is 0.797. The summed E-state index contributed by atoms with van der Waals surface area (Å²) in [5, 5.41) is 1.00. The van der Waals surface area contributed by atoms with Gasteiger partial charge in [0.2, 0.25) is 5.56 Å². The molecule has 1 N–H and O–H groups in total. The maximum absolute atomic E-state index is 11.0. The second kappa shape index (κ2) is 3.27. The zero-order valence-corrected chi connectivity index (χ0v) is 9.65. The number of hydrogen-bond acceptors (Lipinski definition) is 1. The van der Waals surface area contributed by atoms with E-state index in [1.165, 1.54) is 6.07 Å². The van der Waals surface area contributed by atoms with Crippen LogP contribution in [-0.4, -0.2) is 4.98 Å². The first-order valence-corrected chi connectivity index (χ1v) is 5.23. The summed E-state index contributed by atoms with van der Waals surface area (Å²) in [6, 6.07) is 7.17. The Morgan fingerprint density at radius 1 is 1.15 bits per heavy atom. The number of halogens is 2. The van der Waals surface area contributed by atoms with Gasteiger partial charge < -0.3 is 4.98 Å². The van der Waals surface area contributed by atoms with E-state index in [9.17, 15) is 4.79 Å². The molecule has 1 aromatic carbocycles. The number of hydrogen-bond donors (Lipinski definition) is 1. The van der Waals surface area contributed by atoms with E-state index < -0.39 is 0 Å². The summed E-state index contributed by atoms with van der Waals surface area (Å²) in [6.07, 6.45) is 0. The molecular weight excluding hydrogens is 298 g/mol. The van der Waals surface area contributed by atoms with Crippen molar-refractivity contribution in [2.75, 3.05) is 0 Å². The number of nitrogens with one attached hydrogen (secondary N) is 1. The van der Waals surface area contributed by atoms with Crippen molar-refractivity contribution in [1.82, 2.24) is 4.98 Å². The Morgan fingerprint density at radius 2 is 1.92 bits per heavy atom. The molecule has 0 fully saturated rings. The number of benzene rings is 1. The second-order valence-electron chi connectivity index (χ2n) is 2.67. The molecular formula is C9H5Br2NO. The molecule has 0 aliphatic rings. The first-order chi connectivity index (χ1) is 6.16. The first-order valence-electron chi connectivity index (χ1n) is 3.65. The molecule has 0 bridgehead atoms. The highest BCUT2D eigenvalue weighted by Crippen LogP contribution is 2.25. The van der Waals surface area contributed by atoms with Gasteiger partial charge in [0.25, 0.3) is 0 Å². The molecule has 0 amide bonds. The minimum absolute atomic E-state index is 0.0875. The van der Waals surface area contributed by atoms with Gasteiger partial charge in [0.1, 0.15) is 0 Å². The Kier molecular flexibility index (Phi) is 2.26. The Bertz CT molecular complexity index is 518. The van der Waals surface area contributed by atoms with E-state index in [0.29, 0.717) is 0 Å². The number of rotatable bonds is 0. The Hall–Kier alpha value is -0.610. The molecule has 0 aliphatic heterocycles. The van der Waals surface area contributed by atoms with Gasteiger partial charge in [-0.05, 0) is 34.1 Å². The summed E-state index contributed by atoms with van der Waals surface area (Å²) in [6.45, 7) is 0. The first kappa shape index (κ1) is 8.97. The third kappa shape index (κ3) is 1.69. The van der Waals surface area contributed by atoms with Crippen molar-refractivity contribution in [3.05, 3.63) is 43.6 Å². The number of aromatic nitrogens is 1. The summed E-state index contributed by atoms with van der Waals surface area (Å²) < 4.78 is 1.87. The predicted molar refractivity (Wildman–Crippen MR) is 60.0 cm³/mol. The number of pyridine rings is 1. The van der Waals surface area contributed by atoms with Crippen LogP contribution in [0.3, 0.4) is 0 Å². The lowest BCUT2D eigenvalue weighted by Crippen LogP contribution is -2.02. The molecule has 2 nitrogen and oxygen atoms in total. The Labute approximate surface area is 91.2 Å². The maximum Gasteiger partial charge on any atom is 0.248 e.